The first kappa shape index (κ1) is 25.6. The van der Waals surface area contributed by atoms with Crippen molar-refractivity contribution in [2.24, 2.45) is 5.73 Å². The van der Waals surface area contributed by atoms with Crippen LogP contribution >= 0.6 is 0 Å². The molecular weight excluding hydrogens is 452 g/mol. The van der Waals surface area contributed by atoms with Gasteiger partial charge in [-0.15, -0.1) is 0 Å². The number of unbranched alkanes of at least 4 members (excludes halogenated alkanes) is 1. The number of benzene rings is 3. The molecule has 4 aromatic rings. The Hall–Kier alpha value is -3.52. The molecule has 0 radical (unpaired) electrons. The van der Waals surface area contributed by atoms with Crippen LogP contribution in [0.3, 0.4) is 0 Å². The van der Waals surface area contributed by atoms with E-state index in [0.29, 0.717) is 16.7 Å². The van der Waals surface area contributed by atoms with Crippen LogP contribution in [0.25, 0.3) is 33.1 Å². The van der Waals surface area contributed by atoms with Gasteiger partial charge in [0, 0.05) is 23.7 Å². The Kier molecular flexibility index (Phi) is 9.21. The molecule has 0 spiro atoms. The number of rotatable bonds is 13. The van der Waals surface area contributed by atoms with E-state index in [-0.39, 0.29) is 24.4 Å². The summed E-state index contributed by atoms with van der Waals surface area (Å²) in [5.74, 6) is 0.414. The first-order valence-electron chi connectivity index (χ1n) is 12.6. The molecule has 7 nitrogen and oxygen atoms in total. The molecule has 0 aliphatic rings. The summed E-state index contributed by atoms with van der Waals surface area (Å²) in [6.07, 6.45) is 3.07. The lowest BCUT2D eigenvalue weighted by Gasteiger charge is -2.11. The van der Waals surface area contributed by atoms with E-state index < -0.39 is 0 Å². The van der Waals surface area contributed by atoms with Crippen LogP contribution in [-0.2, 0) is 11.3 Å². The average molecular weight is 487 g/mol. The molecule has 36 heavy (non-hydrogen) atoms. The third-order valence-corrected chi connectivity index (χ3v) is 6.17. The minimum absolute atomic E-state index is 0.101. The Morgan fingerprint density at radius 3 is 2.47 bits per heavy atom. The van der Waals surface area contributed by atoms with Crippen LogP contribution in [0.4, 0.5) is 0 Å². The summed E-state index contributed by atoms with van der Waals surface area (Å²) >= 11 is 0. The van der Waals surface area contributed by atoms with Gasteiger partial charge in [0.15, 0.2) is 5.43 Å². The van der Waals surface area contributed by atoms with E-state index in [9.17, 15) is 9.59 Å². The summed E-state index contributed by atoms with van der Waals surface area (Å²) < 4.78 is 6.28. The molecule has 0 unspecified atom stereocenters. The Bertz CT molecular complexity index is 1360. The van der Waals surface area contributed by atoms with Crippen molar-refractivity contribution in [1.82, 2.24) is 16.0 Å². The Morgan fingerprint density at radius 1 is 0.833 bits per heavy atom. The van der Waals surface area contributed by atoms with E-state index in [1.165, 1.54) is 0 Å². The van der Waals surface area contributed by atoms with E-state index in [0.717, 1.165) is 67.3 Å². The highest BCUT2D eigenvalue weighted by Gasteiger charge is 2.13. The Balaban J connectivity index is 1.38. The van der Waals surface area contributed by atoms with Gasteiger partial charge in [-0.1, -0.05) is 54.6 Å². The first-order valence-corrected chi connectivity index (χ1v) is 12.6. The lowest BCUT2D eigenvalue weighted by molar-refractivity contribution is -0.120. The van der Waals surface area contributed by atoms with E-state index in [1.807, 2.05) is 54.6 Å². The smallest absolute Gasteiger partial charge is 0.234 e. The van der Waals surface area contributed by atoms with Gasteiger partial charge in [0.2, 0.25) is 5.91 Å². The second-order valence-corrected chi connectivity index (χ2v) is 8.85. The minimum atomic E-state index is -0.106. The van der Waals surface area contributed by atoms with Crippen molar-refractivity contribution in [2.45, 2.75) is 25.8 Å². The van der Waals surface area contributed by atoms with Crippen molar-refractivity contribution in [1.29, 1.82) is 0 Å². The van der Waals surface area contributed by atoms with Crippen LogP contribution in [0.2, 0.25) is 0 Å². The van der Waals surface area contributed by atoms with Gasteiger partial charge >= 0.3 is 0 Å². The quantitative estimate of drug-likeness (QED) is 0.215. The number of hydrogen-bond acceptors (Lipinski definition) is 6. The Morgan fingerprint density at radius 2 is 1.58 bits per heavy atom. The van der Waals surface area contributed by atoms with Gasteiger partial charge in [-0.05, 0) is 62.3 Å². The van der Waals surface area contributed by atoms with Gasteiger partial charge in [0.25, 0.3) is 0 Å². The van der Waals surface area contributed by atoms with Crippen molar-refractivity contribution < 1.29 is 9.21 Å². The fourth-order valence-corrected chi connectivity index (χ4v) is 4.26. The molecule has 0 bridgehead atoms. The van der Waals surface area contributed by atoms with Crippen LogP contribution in [0.5, 0.6) is 0 Å². The van der Waals surface area contributed by atoms with Gasteiger partial charge in [-0.3, -0.25) is 9.59 Å². The Labute approximate surface area is 211 Å². The van der Waals surface area contributed by atoms with Crippen molar-refractivity contribution in [2.75, 3.05) is 32.7 Å². The molecule has 1 amide bonds. The highest BCUT2D eigenvalue weighted by molar-refractivity contribution is 5.96. The summed E-state index contributed by atoms with van der Waals surface area (Å²) in [5.41, 5.74) is 7.51. The average Bonchev–Trinajstić information content (AvgIpc) is 2.90. The van der Waals surface area contributed by atoms with Crippen LogP contribution in [0.1, 0.15) is 24.8 Å². The fourth-order valence-electron chi connectivity index (χ4n) is 4.26. The molecule has 0 aliphatic carbocycles. The number of hydrogen-bond donors (Lipinski definition) is 4. The molecule has 1 aromatic heterocycles. The fraction of sp³-hybridized carbons (Fsp3) is 0.310. The summed E-state index contributed by atoms with van der Waals surface area (Å²) in [7, 11) is 0. The SMILES string of the molecule is NCCCCNCCCNCC(=O)NCc1cccc2c(=O)cc(-c3cccc4ccccc34)oc12. The van der Waals surface area contributed by atoms with Crippen molar-refractivity contribution in [3.8, 4) is 11.3 Å². The molecule has 0 atom stereocenters. The molecule has 188 valence electrons. The number of nitrogens with two attached hydrogens (primary N) is 1. The molecular formula is C29H34N4O3. The maximum absolute atomic E-state index is 12.9. The minimum Gasteiger partial charge on any atom is -0.455 e. The second-order valence-electron chi connectivity index (χ2n) is 8.85. The predicted octanol–water partition coefficient (Wildman–Crippen LogP) is 3.54. The lowest BCUT2D eigenvalue weighted by atomic mass is 10.0. The zero-order chi connectivity index (χ0) is 25.2. The topological polar surface area (TPSA) is 109 Å². The molecule has 4 rings (SSSR count). The van der Waals surface area contributed by atoms with Crippen molar-refractivity contribution in [3.63, 3.8) is 0 Å². The summed E-state index contributed by atoms with van der Waals surface area (Å²) in [6, 6.07) is 21.0. The third-order valence-electron chi connectivity index (χ3n) is 6.17. The number of carbonyl (C=O) groups is 1. The molecule has 1 heterocycles. The number of amides is 1. The van der Waals surface area contributed by atoms with Crippen LogP contribution < -0.4 is 27.1 Å². The zero-order valence-electron chi connectivity index (χ0n) is 20.5. The van der Waals surface area contributed by atoms with Crippen LogP contribution in [0, 0.1) is 0 Å². The summed E-state index contributed by atoms with van der Waals surface area (Å²) in [4.78, 5) is 25.3. The van der Waals surface area contributed by atoms with Crippen molar-refractivity contribution >= 4 is 27.6 Å². The van der Waals surface area contributed by atoms with Crippen molar-refractivity contribution in [3.05, 3.63) is 82.5 Å². The maximum Gasteiger partial charge on any atom is 0.234 e. The number of para-hydroxylation sites is 1. The highest BCUT2D eigenvalue weighted by atomic mass is 16.3. The van der Waals surface area contributed by atoms with Gasteiger partial charge in [0.1, 0.15) is 11.3 Å². The number of fused-ring (bicyclic) bond motifs is 2. The van der Waals surface area contributed by atoms with Gasteiger partial charge in [-0.2, -0.15) is 0 Å². The molecule has 7 heteroatoms. The van der Waals surface area contributed by atoms with E-state index >= 15 is 0 Å². The summed E-state index contributed by atoms with van der Waals surface area (Å²) in [6.45, 7) is 3.89. The molecule has 5 N–H and O–H groups in total. The maximum atomic E-state index is 12.9. The molecule has 0 saturated carbocycles. The second kappa shape index (κ2) is 13.0. The first-order chi connectivity index (χ1) is 17.7. The standard InChI is InChI=1S/C29H34N4O3/c30-14-3-4-15-31-16-7-17-32-20-28(35)33-19-22-10-6-13-25-26(34)18-27(36-29(22)25)24-12-5-9-21-8-1-2-11-23(21)24/h1-2,5-6,8-13,18,31-32H,3-4,7,14-17,19-20,30H2,(H,33,35). The van der Waals surface area contributed by atoms with Crippen LogP contribution in [-0.4, -0.2) is 38.6 Å². The van der Waals surface area contributed by atoms with Gasteiger partial charge in [-0.25, -0.2) is 0 Å². The van der Waals surface area contributed by atoms with Crippen LogP contribution in [0.15, 0.2) is 75.9 Å². The molecule has 3 aromatic carbocycles. The monoisotopic (exact) mass is 486 g/mol. The van der Waals surface area contributed by atoms with Gasteiger partial charge in [0.05, 0.1) is 11.9 Å². The zero-order valence-corrected chi connectivity index (χ0v) is 20.5. The van der Waals surface area contributed by atoms with E-state index in [4.69, 9.17) is 10.2 Å². The molecule has 0 fully saturated rings. The largest absolute Gasteiger partial charge is 0.455 e. The molecule has 0 saturated heterocycles. The summed E-state index contributed by atoms with van der Waals surface area (Å²) in [5, 5.41) is 12.1. The molecule has 0 aliphatic heterocycles. The van der Waals surface area contributed by atoms with E-state index in [1.54, 1.807) is 12.1 Å². The normalized spacial score (nSPS) is 11.2. The number of nitrogens with one attached hydrogen (secondary N) is 3. The third kappa shape index (κ3) is 6.57. The number of carbonyl (C=O) groups excluding carboxylic acids is 1. The van der Waals surface area contributed by atoms with E-state index in [2.05, 4.69) is 16.0 Å². The highest BCUT2D eigenvalue weighted by Crippen LogP contribution is 2.30. The predicted molar refractivity (Wildman–Crippen MR) is 146 cm³/mol. The lowest BCUT2D eigenvalue weighted by Crippen LogP contribution is -2.34. The van der Waals surface area contributed by atoms with Gasteiger partial charge < -0.3 is 26.1 Å².